The molecule has 4 heteroatoms. The van der Waals surface area contributed by atoms with Crippen molar-refractivity contribution < 1.29 is 4.79 Å². The fraction of sp³-hybridized carbons (Fsp3) is 0.308. The molecule has 0 unspecified atom stereocenters. The SMILES string of the molecule is O=C(Cc1c[nH]c2cccc(Cl)c12)NC1CC1. The van der Waals surface area contributed by atoms with E-state index in [4.69, 9.17) is 11.6 Å². The number of fused-ring (bicyclic) bond motifs is 1. The summed E-state index contributed by atoms with van der Waals surface area (Å²) in [5.41, 5.74) is 1.94. The smallest absolute Gasteiger partial charge is 0.224 e. The van der Waals surface area contributed by atoms with E-state index < -0.39 is 0 Å². The zero-order valence-corrected chi connectivity index (χ0v) is 10.1. The predicted molar refractivity (Wildman–Crippen MR) is 68.2 cm³/mol. The van der Waals surface area contributed by atoms with Crippen molar-refractivity contribution >= 4 is 28.4 Å². The fourth-order valence-corrected chi connectivity index (χ4v) is 2.32. The molecule has 3 nitrogen and oxygen atoms in total. The molecule has 0 bridgehead atoms. The minimum atomic E-state index is 0.0771. The second kappa shape index (κ2) is 4.08. The molecule has 0 spiro atoms. The Labute approximate surface area is 104 Å². The number of benzene rings is 1. The summed E-state index contributed by atoms with van der Waals surface area (Å²) < 4.78 is 0. The van der Waals surface area contributed by atoms with E-state index in [2.05, 4.69) is 10.3 Å². The number of hydrogen-bond acceptors (Lipinski definition) is 1. The second-order valence-corrected chi connectivity index (χ2v) is 4.90. The summed E-state index contributed by atoms with van der Waals surface area (Å²) in [5, 5.41) is 4.63. The van der Waals surface area contributed by atoms with Crippen molar-refractivity contribution in [2.75, 3.05) is 0 Å². The summed E-state index contributed by atoms with van der Waals surface area (Å²) in [5.74, 6) is 0.0771. The molecule has 1 fully saturated rings. The largest absolute Gasteiger partial charge is 0.361 e. The number of rotatable bonds is 3. The van der Waals surface area contributed by atoms with Crippen molar-refractivity contribution in [1.29, 1.82) is 0 Å². The Hall–Kier alpha value is -1.48. The molecule has 1 aromatic carbocycles. The lowest BCUT2D eigenvalue weighted by Gasteiger charge is -2.02. The molecule has 1 amide bonds. The maximum atomic E-state index is 11.7. The Kier molecular flexibility index (Phi) is 2.56. The molecule has 88 valence electrons. The van der Waals surface area contributed by atoms with Gasteiger partial charge in [0.15, 0.2) is 0 Å². The molecular formula is C13H13ClN2O. The average molecular weight is 249 g/mol. The summed E-state index contributed by atoms with van der Waals surface area (Å²) in [7, 11) is 0. The fourth-order valence-electron chi connectivity index (χ4n) is 2.03. The third kappa shape index (κ3) is 2.15. The quantitative estimate of drug-likeness (QED) is 0.862. The lowest BCUT2D eigenvalue weighted by Crippen LogP contribution is -2.26. The van der Waals surface area contributed by atoms with Crippen LogP contribution in [0.25, 0.3) is 10.9 Å². The summed E-state index contributed by atoms with van der Waals surface area (Å²) in [6.45, 7) is 0. The number of aromatic amines is 1. The average Bonchev–Trinajstić information content (AvgIpc) is 3.00. The van der Waals surface area contributed by atoms with Gasteiger partial charge in [-0.1, -0.05) is 17.7 Å². The Morgan fingerprint density at radius 1 is 1.47 bits per heavy atom. The van der Waals surface area contributed by atoms with Gasteiger partial charge in [0, 0.05) is 23.1 Å². The highest BCUT2D eigenvalue weighted by Crippen LogP contribution is 2.27. The zero-order chi connectivity index (χ0) is 11.8. The Bertz CT molecular complexity index is 572. The van der Waals surface area contributed by atoms with Gasteiger partial charge >= 0.3 is 0 Å². The number of carbonyl (C=O) groups excluding carboxylic acids is 1. The summed E-state index contributed by atoms with van der Waals surface area (Å²) >= 11 is 6.15. The number of halogens is 1. The van der Waals surface area contributed by atoms with Crippen LogP contribution in [-0.2, 0) is 11.2 Å². The van der Waals surface area contributed by atoms with Crippen LogP contribution in [0.3, 0.4) is 0 Å². The number of H-pyrrole nitrogens is 1. The third-order valence-electron chi connectivity index (χ3n) is 3.03. The van der Waals surface area contributed by atoms with E-state index >= 15 is 0 Å². The van der Waals surface area contributed by atoms with Crippen LogP contribution in [0.15, 0.2) is 24.4 Å². The second-order valence-electron chi connectivity index (χ2n) is 4.49. The maximum absolute atomic E-state index is 11.7. The topological polar surface area (TPSA) is 44.9 Å². The molecule has 2 N–H and O–H groups in total. The lowest BCUT2D eigenvalue weighted by atomic mass is 10.1. The number of amides is 1. The molecule has 2 aromatic rings. The standard InChI is InChI=1S/C13H13ClN2O/c14-10-2-1-3-11-13(10)8(7-15-11)6-12(17)16-9-4-5-9/h1-3,7,9,15H,4-6H2,(H,16,17). The first-order chi connectivity index (χ1) is 8.24. The van der Waals surface area contributed by atoms with E-state index in [9.17, 15) is 4.79 Å². The van der Waals surface area contributed by atoms with Gasteiger partial charge in [-0.3, -0.25) is 4.79 Å². The van der Waals surface area contributed by atoms with Gasteiger partial charge < -0.3 is 10.3 Å². The molecule has 0 atom stereocenters. The van der Waals surface area contributed by atoms with Crippen LogP contribution in [0, 0.1) is 0 Å². The van der Waals surface area contributed by atoms with Gasteiger partial charge in [-0.15, -0.1) is 0 Å². The van der Waals surface area contributed by atoms with Gasteiger partial charge in [-0.05, 0) is 30.5 Å². The van der Waals surface area contributed by atoms with Crippen LogP contribution in [0.5, 0.6) is 0 Å². The summed E-state index contributed by atoms with van der Waals surface area (Å²) in [4.78, 5) is 14.9. The van der Waals surface area contributed by atoms with Crippen molar-refractivity contribution in [3.05, 3.63) is 35.0 Å². The van der Waals surface area contributed by atoms with Crippen molar-refractivity contribution in [2.24, 2.45) is 0 Å². The van der Waals surface area contributed by atoms with Gasteiger partial charge in [0.1, 0.15) is 0 Å². The monoisotopic (exact) mass is 248 g/mol. The van der Waals surface area contributed by atoms with Crippen LogP contribution in [0.4, 0.5) is 0 Å². The Morgan fingerprint density at radius 3 is 3.06 bits per heavy atom. The minimum absolute atomic E-state index is 0.0771. The van der Waals surface area contributed by atoms with Crippen LogP contribution >= 0.6 is 11.6 Å². The molecule has 0 radical (unpaired) electrons. The maximum Gasteiger partial charge on any atom is 0.224 e. The lowest BCUT2D eigenvalue weighted by molar-refractivity contribution is -0.120. The van der Waals surface area contributed by atoms with Crippen LogP contribution in [-0.4, -0.2) is 16.9 Å². The molecule has 1 heterocycles. The molecule has 3 rings (SSSR count). The summed E-state index contributed by atoms with van der Waals surface area (Å²) in [6.07, 6.45) is 4.48. The van der Waals surface area contributed by atoms with Crippen molar-refractivity contribution in [1.82, 2.24) is 10.3 Å². The van der Waals surface area contributed by atoms with Crippen molar-refractivity contribution in [3.8, 4) is 0 Å². The third-order valence-corrected chi connectivity index (χ3v) is 3.35. The van der Waals surface area contributed by atoms with Crippen molar-refractivity contribution in [2.45, 2.75) is 25.3 Å². The predicted octanol–water partition coefficient (Wildman–Crippen LogP) is 2.64. The Morgan fingerprint density at radius 2 is 2.29 bits per heavy atom. The summed E-state index contributed by atoms with van der Waals surface area (Å²) in [6, 6.07) is 6.11. The molecule has 1 aliphatic carbocycles. The van der Waals surface area contributed by atoms with E-state index in [0.717, 1.165) is 29.3 Å². The van der Waals surface area contributed by atoms with Crippen LogP contribution in [0.2, 0.25) is 5.02 Å². The molecule has 1 aromatic heterocycles. The van der Waals surface area contributed by atoms with Gasteiger partial charge in [0.2, 0.25) is 5.91 Å². The van der Waals surface area contributed by atoms with E-state index in [1.54, 1.807) is 0 Å². The number of hydrogen-bond donors (Lipinski definition) is 2. The first-order valence-corrected chi connectivity index (χ1v) is 6.15. The van der Waals surface area contributed by atoms with Gasteiger partial charge in [-0.2, -0.15) is 0 Å². The first kappa shape index (κ1) is 10.7. The van der Waals surface area contributed by atoms with Crippen LogP contribution < -0.4 is 5.32 Å². The van der Waals surface area contributed by atoms with Gasteiger partial charge in [-0.25, -0.2) is 0 Å². The zero-order valence-electron chi connectivity index (χ0n) is 9.29. The van der Waals surface area contributed by atoms with E-state index in [1.165, 1.54) is 0 Å². The molecule has 0 saturated heterocycles. The number of aromatic nitrogens is 1. The molecule has 1 saturated carbocycles. The van der Waals surface area contributed by atoms with E-state index in [-0.39, 0.29) is 5.91 Å². The van der Waals surface area contributed by atoms with E-state index in [1.807, 2.05) is 24.4 Å². The van der Waals surface area contributed by atoms with Gasteiger partial charge in [0.25, 0.3) is 0 Å². The molecule has 17 heavy (non-hydrogen) atoms. The van der Waals surface area contributed by atoms with E-state index in [0.29, 0.717) is 17.5 Å². The molecular weight excluding hydrogens is 236 g/mol. The highest BCUT2D eigenvalue weighted by atomic mass is 35.5. The Balaban J connectivity index is 1.86. The normalized spacial score (nSPS) is 15.1. The molecule has 1 aliphatic rings. The first-order valence-electron chi connectivity index (χ1n) is 5.78. The van der Waals surface area contributed by atoms with Crippen LogP contribution in [0.1, 0.15) is 18.4 Å². The molecule has 0 aliphatic heterocycles. The number of nitrogens with one attached hydrogen (secondary N) is 2. The van der Waals surface area contributed by atoms with Gasteiger partial charge in [0.05, 0.1) is 11.4 Å². The number of carbonyl (C=O) groups is 1. The highest BCUT2D eigenvalue weighted by molar-refractivity contribution is 6.35. The highest BCUT2D eigenvalue weighted by Gasteiger charge is 2.23. The minimum Gasteiger partial charge on any atom is -0.361 e. The van der Waals surface area contributed by atoms with Crippen molar-refractivity contribution in [3.63, 3.8) is 0 Å².